The Balaban J connectivity index is 1.49. The van der Waals surface area contributed by atoms with Gasteiger partial charge in [-0.1, -0.05) is 31.5 Å². The zero-order chi connectivity index (χ0) is 35.3. The fraction of sp³-hybridized carbons (Fsp3) is 0.455. The van der Waals surface area contributed by atoms with E-state index in [2.05, 4.69) is 15.1 Å². The van der Waals surface area contributed by atoms with E-state index in [4.69, 9.17) is 18.3 Å². The van der Waals surface area contributed by atoms with E-state index in [1.807, 2.05) is 13.0 Å². The summed E-state index contributed by atoms with van der Waals surface area (Å²) < 4.78 is 39.6. The second-order valence-electron chi connectivity index (χ2n) is 12.5. The van der Waals surface area contributed by atoms with Crippen molar-refractivity contribution in [3.63, 3.8) is 0 Å². The maximum atomic E-state index is 14.1. The number of rotatable bonds is 13. The highest BCUT2D eigenvalue weighted by Gasteiger charge is 2.35. The van der Waals surface area contributed by atoms with Crippen molar-refractivity contribution in [1.29, 1.82) is 0 Å². The van der Waals surface area contributed by atoms with Gasteiger partial charge in [-0.15, -0.1) is 0 Å². The van der Waals surface area contributed by atoms with Crippen LogP contribution in [-0.2, 0) is 29.7 Å². The van der Waals surface area contributed by atoms with Crippen LogP contribution >= 0.6 is 7.82 Å². The lowest BCUT2D eigenvalue weighted by Gasteiger charge is -2.34. The number of ketones is 1. The topological polar surface area (TPSA) is 160 Å². The van der Waals surface area contributed by atoms with Gasteiger partial charge in [0.2, 0.25) is 0 Å². The number of phosphoric acid groups is 1. The molecule has 0 aliphatic carbocycles. The smallest absolute Gasteiger partial charge is 0.477 e. The minimum atomic E-state index is -4.11. The third-order valence-corrected chi connectivity index (χ3v) is 9.39. The van der Waals surface area contributed by atoms with Gasteiger partial charge in [0.25, 0.3) is 17.6 Å². The molecule has 5 rings (SSSR count). The van der Waals surface area contributed by atoms with Crippen LogP contribution in [0.1, 0.15) is 67.1 Å². The van der Waals surface area contributed by atoms with Gasteiger partial charge in [0.15, 0.2) is 5.82 Å². The van der Waals surface area contributed by atoms with Crippen LogP contribution in [0.4, 0.5) is 0 Å². The molecular weight excluding hydrogens is 653 g/mol. The Hall–Kier alpha value is -4.43. The average molecular weight is 696 g/mol. The van der Waals surface area contributed by atoms with Crippen LogP contribution < -0.4 is 4.74 Å². The number of ether oxygens (including phenoxy) is 1. The van der Waals surface area contributed by atoms with Gasteiger partial charge in [0.05, 0.1) is 36.5 Å². The summed E-state index contributed by atoms with van der Waals surface area (Å²) in [6.45, 7) is 9.54. The molecule has 15 nitrogen and oxygen atoms in total. The van der Waals surface area contributed by atoms with Crippen molar-refractivity contribution in [3.8, 4) is 11.6 Å². The van der Waals surface area contributed by atoms with Crippen molar-refractivity contribution in [1.82, 2.24) is 34.1 Å². The molecule has 1 aliphatic heterocycles. The predicted molar refractivity (Wildman–Crippen MR) is 180 cm³/mol. The summed E-state index contributed by atoms with van der Waals surface area (Å²) in [6.07, 6.45) is 5.77. The van der Waals surface area contributed by atoms with Gasteiger partial charge in [-0.05, 0) is 46.2 Å². The number of pyridine rings is 1. The summed E-state index contributed by atoms with van der Waals surface area (Å²) >= 11 is 0. The number of Topliss-reactive ketones (excluding diaryl/α,β-unsaturated/α-hetero) is 1. The van der Waals surface area contributed by atoms with Crippen molar-refractivity contribution in [2.24, 2.45) is 0 Å². The predicted octanol–water partition coefficient (Wildman–Crippen LogP) is 4.82. The third kappa shape index (κ3) is 8.24. The maximum absolute atomic E-state index is 14.1. The normalized spacial score (nSPS) is 15.0. The lowest BCUT2D eigenvalue weighted by Crippen LogP contribution is -2.52. The number of hydrogen-bond donors (Lipinski definition) is 0. The molecule has 0 N–H and O–H groups in total. The van der Waals surface area contributed by atoms with Gasteiger partial charge in [-0.2, -0.15) is 5.10 Å². The summed E-state index contributed by atoms with van der Waals surface area (Å²) in [7, 11) is -2.68. The Labute approximate surface area is 284 Å². The zero-order valence-corrected chi connectivity index (χ0v) is 29.5. The van der Waals surface area contributed by atoms with Gasteiger partial charge < -0.3 is 19.1 Å². The molecule has 1 aromatic carbocycles. The van der Waals surface area contributed by atoms with Crippen molar-refractivity contribution in [2.45, 2.75) is 59.8 Å². The Morgan fingerprint density at radius 2 is 1.67 bits per heavy atom. The molecule has 0 radical (unpaired) electrons. The van der Waals surface area contributed by atoms with Crippen LogP contribution in [0.3, 0.4) is 0 Å². The van der Waals surface area contributed by atoms with E-state index in [1.165, 1.54) is 40.0 Å². The first kappa shape index (κ1) is 35.9. The molecule has 4 aromatic rings. The molecule has 1 atom stereocenters. The number of hydrogen-bond acceptors (Lipinski definition) is 11. The number of fused-ring (bicyclic) bond motifs is 1. The minimum Gasteiger partial charge on any atom is -0.494 e. The standard InChI is InChI=1S/C33H42N7O8P/c1-7-8-18-46-49(44,48-33(3,4)5)47-22-39-20-25(27-26(45-6)19-34-30(28(27)39)40-21-35-23(2)36-40)29(41)32(43)38-16-14-37(15-17-38)31(42)24-12-10-9-11-13-24/h9-13,19-21H,7-8,14-18,22H2,1-6H3. The highest BCUT2D eigenvalue weighted by Crippen LogP contribution is 2.53. The molecule has 1 fully saturated rings. The SMILES string of the molecule is CCCCOP(=O)(OCn1cc(C(=O)C(=O)N2CCN(C(=O)c3ccccc3)CC2)c2c(OC)cnc(-n3cnc(C)n3)c21)OC(C)(C)C. The Bertz CT molecular complexity index is 1860. The number of amides is 2. The van der Waals surface area contributed by atoms with E-state index < -0.39 is 31.8 Å². The first-order valence-electron chi connectivity index (χ1n) is 16.1. The summed E-state index contributed by atoms with van der Waals surface area (Å²) in [4.78, 5) is 52.6. The molecule has 0 bridgehead atoms. The average Bonchev–Trinajstić information content (AvgIpc) is 3.70. The number of piperazine rings is 1. The highest BCUT2D eigenvalue weighted by atomic mass is 31.2. The van der Waals surface area contributed by atoms with E-state index in [0.29, 0.717) is 23.3 Å². The van der Waals surface area contributed by atoms with E-state index in [0.717, 1.165) is 6.42 Å². The molecule has 2 amide bonds. The van der Waals surface area contributed by atoms with E-state index in [9.17, 15) is 18.9 Å². The number of carbonyl (C=O) groups is 3. The molecule has 0 saturated carbocycles. The number of unbranched alkanes of at least 4 members (excludes halogenated alkanes) is 1. The molecule has 1 unspecified atom stereocenters. The summed E-state index contributed by atoms with van der Waals surface area (Å²) in [5.41, 5.74) is 0.0234. The van der Waals surface area contributed by atoms with Crippen LogP contribution in [0.5, 0.6) is 5.75 Å². The van der Waals surface area contributed by atoms with Crippen LogP contribution in [-0.4, -0.2) is 97.2 Å². The van der Waals surface area contributed by atoms with Crippen molar-refractivity contribution < 1.29 is 37.3 Å². The third-order valence-electron chi connectivity index (χ3n) is 7.69. The maximum Gasteiger partial charge on any atom is 0.477 e. The molecule has 262 valence electrons. The molecular formula is C33H42N7O8P. The number of phosphoric ester groups is 1. The quantitative estimate of drug-likeness (QED) is 0.0817. The number of nitrogens with zero attached hydrogens (tertiary/aromatic N) is 7. The molecule has 49 heavy (non-hydrogen) atoms. The van der Waals surface area contributed by atoms with Gasteiger partial charge in [0.1, 0.15) is 30.1 Å². The fourth-order valence-electron chi connectivity index (χ4n) is 5.35. The largest absolute Gasteiger partial charge is 0.494 e. The van der Waals surface area contributed by atoms with Crippen LogP contribution in [0.15, 0.2) is 49.1 Å². The Morgan fingerprint density at radius 1 is 0.980 bits per heavy atom. The fourth-order valence-corrected chi connectivity index (χ4v) is 6.82. The molecule has 1 aliphatic rings. The second-order valence-corrected chi connectivity index (χ2v) is 14.1. The second kappa shape index (κ2) is 15.0. The van der Waals surface area contributed by atoms with Crippen molar-refractivity contribution >= 4 is 36.3 Å². The molecule has 4 heterocycles. The first-order chi connectivity index (χ1) is 23.3. The molecule has 16 heteroatoms. The Morgan fingerprint density at radius 3 is 2.29 bits per heavy atom. The number of aryl methyl sites for hydroxylation is 1. The lowest BCUT2D eigenvalue weighted by molar-refractivity contribution is -0.127. The van der Waals surface area contributed by atoms with Crippen LogP contribution in [0.25, 0.3) is 16.7 Å². The molecule has 0 spiro atoms. The van der Waals surface area contributed by atoms with Gasteiger partial charge in [-0.25, -0.2) is 19.2 Å². The minimum absolute atomic E-state index is 0.0159. The Kier molecular flexibility index (Phi) is 11.0. The van der Waals surface area contributed by atoms with Crippen molar-refractivity contribution in [2.75, 3.05) is 39.9 Å². The molecule has 1 saturated heterocycles. The summed E-state index contributed by atoms with van der Waals surface area (Å²) in [6, 6.07) is 8.91. The zero-order valence-electron chi connectivity index (χ0n) is 28.6. The first-order valence-corrected chi connectivity index (χ1v) is 17.5. The van der Waals surface area contributed by atoms with E-state index in [-0.39, 0.29) is 61.2 Å². The lowest BCUT2D eigenvalue weighted by atomic mass is 10.1. The van der Waals surface area contributed by atoms with Crippen molar-refractivity contribution in [3.05, 3.63) is 66.0 Å². The summed E-state index contributed by atoms with van der Waals surface area (Å²) in [5, 5.41) is 4.67. The number of methoxy groups -OCH3 is 1. The molecule has 3 aromatic heterocycles. The van der Waals surface area contributed by atoms with Gasteiger partial charge in [-0.3, -0.25) is 28.0 Å². The number of carbonyl (C=O) groups excluding carboxylic acids is 3. The van der Waals surface area contributed by atoms with Crippen LogP contribution in [0.2, 0.25) is 0 Å². The summed E-state index contributed by atoms with van der Waals surface area (Å²) in [5.74, 6) is -0.723. The monoisotopic (exact) mass is 695 g/mol. The number of aromatic nitrogens is 5. The van der Waals surface area contributed by atoms with E-state index in [1.54, 1.807) is 56.9 Å². The van der Waals surface area contributed by atoms with Crippen LogP contribution in [0, 0.1) is 6.92 Å². The number of benzene rings is 1. The van der Waals surface area contributed by atoms with E-state index >= 15 is 0 Å². The highest BCUT2D eigenvalue weighted by molar-refractivity contribution is 7.48. The van der Waals surface area contributed by atoms with Gasteiger partial charge >= 0.3 is 7.82 Å². The van der Waals surface area contributed by atoms with Gasteiger partial charge in [0, 0.05) is 37.9 Å².